The molecule has 2 N–H and O–H groups in total. The summed E-state index contributed by atoms with van der Waals surface area (Å²) in [5.41, 5.74) is 0.486. The number of aliphatic hydroxyl groups excluding tert-OH is 1. The molecule has 0 spiro atoms. The minimum absolute atomic E-state index is 0.0311. The van der Waals surface area contributed by atoms with Crippen molar-refractivity contribution in [3.63, 3.8) is 0 Å². The van der Waals surface area contributed by atoms with Crippen LogP contribution in [0, 0.1) is 5.41 Å². The summed E-state index contributed by atoms with van der Waals surface area (Å²) >= 11 is 0. The van der Waals surface area contributed by atoms with Crippen molar-refractivity contribution in [2.24, 2.45) is 5.41 Å². The van der Waals surface area contributed by atoms with E-state index in [1.807, 2.05) is 0 Å². The Morgan fingerprint density at radius 1 is 1.26 bits per heavy atom. The van der Waals surface area contributed by atoms with Crippen LogP contribution >= 0.6 is 0 Å². The zero-order valence-electron chi connectivity index (χ0n) is 11.9. The molecule has 110 valence electrons. The highest BCUT2D eigenvalue weighted by atomic mass is 16.5. The highest BCUT2D eigenvalue weighted by Gasteiger charge is 2.37. The van der Waals surface area contributed by atoms with Crippen LogP contribution in [0.4, 0.5) is 0 Å². The van der Waals surface area contributed by atoms with E-state index in [2.05, 4.69) is 10.2 Å². The van der Waals surface area contributed by atoms with E-state index < -0.39 is 0 Å². The summed E-state index contributed by atoms with van der Waals surface area (Å²) in [7, 11) is 0. The van der Waals surface area contributed by atoms with Crippen LogP contribution in [0.25, 0.3) is 0 Å². The van der Waals surface area contributed by atoms with Crippen molar-refractivity contribution in [3.8, 4) is 0 Å². The lowest BCUT2D eigenvalue weighted by molar-refractivity contribution is -0.0623. The monoisotopic (exact) mass is 268 g/mol. The summed E-state index contributed by atoms with van der Waals surface area (Å²) in [4.78, 5) is 2.52. The average Bonchev–Trinajstić information content (AvgIpc) is 3.17. The SMILES string of the molecule is OCC1CN(CC2(CNC3CC3)CCCC2)CCO1. The van der Waals surface area contributed by atoms with E-state index in [0.29, 0.717) is 5.41 Å². The van der Waals surface area contributed by atoms with Gasteiger partial charge in [-0.1, -0.05) is 12.8 Å². The fourth-order valence-electron chi connectivity index (χ4n) is 3.67. The molecule has 0 aromatic rings. The smallest absolute Gasteiger partial charge is 0.0932 e. The third-order valence-corrected chi connectivity index (χ3v) is 4.99. The molecule has 4 nitrogen and oxygen atoms in total. The number of hydrogen-bond acceptors (Lipinski definition) is 4. The molecule has 19 heavy (non-hydrogen) atoms. The number of rotatable bonds is 6. The number of hydrogen-bond donors (Lipinski definition) is 2. The molecule has 1 saturated heterocycles. The molecular formula is C15H28N2O2. The molecule has 1 atom stereocenters. The first kappa shape index (κ1) is 13.8. The minimum atomic E-state index is 0.0311. The number of morpholine rings is 1. The molecule has 0 aromatic carbocycles. The Morgan fingerprint density at radius 3 is 2.74 bits per heavy atom. The predicted molar refractivity (Wildman–Crippen MR) is 75.2 cm³/mol. The van der Waals surface area contributed by atoms with Crippen molar-refractivity contribution < 1.29 is 9.84 Å². The molecule has 1 unspecified atom stereocenters. The summed E-state index contributed by atoms with van der Waals surface area (Å²) in [6.45, 7) is 5.25. The van der Waals surface area contributed by atoms with Crippen molar-refractivity contribution in [2.45, 2.75) is 50.7 Å². The highest BCUT2D eigenvalue weighted by Crippen LogP contribution is 2.39. The first-order chi connectivity index (χ1) is 9.30. The standard InChI is InChI=1S/C15H28N2O2/c18-10-14-9-17(7-8-19-14)12-15(5-1-2-6-15)11-16-13-3-4-13/h13-14,16,18H,1-12H2. The van der Waals surface area contributed by atoms with Crippen LogP contribution in [0.3, 0.4) is 0 Å². The van der Waals surface area contributed by atoms with Crippen molar-refractivity contribution in [1.29, 1.82) is 0 Å². The molecule has 2 saturated carbocycles. The fraction of sp³-hybridized carbons (Fsp3) is 1.00. The van der Waals surface area contributed by atoms with Gasteiger partial charge in [-0.2, -0.15) is 0 Å². The second kappa shape index (κ2) is 6.08. The van der Waals surface area contributed by atoms with Gasteiger partial charge in [0.1, 0.15) is 0 Å². The molecule has 3 rings (SSSR count). The van der Waals surface area contributed by atoms with E-state index in [0.717, 1.165) is 25.7 Å². The lowest BCUT2D eigenvalue weighted by atomic mass is 9.85. The first-order valence-electron chi connectivity index (χ1n) is 7.98. The summed E-state index contributed by atoms with van der Waals surface area (Å²) < 4.78 is 5.56. The van der Waals surface area contributed by atoms with Gasteiger partial charge in [0.05, 0.1) is 19.3 Å². The normalized spacial score (nSPS) is 31.7. The van der Waals surface area contributed by atoms with Gasteiger partial charge < -0.3 is 15.2 Å². The van der Waals surface area contributed by atoms with Crippen LogP contribution in [-0.2, 0) is 4.74 Å². The number of ether oxygens (including phenoxy) is 1. The molecule has 2 aliphatic carbocycles. The van der Waals surface area contributed by atoms with E-state index in [-0.39, 0.29) is 12.7 Å². The molecule has 1 aliphatic heterocycles. The molecular weight excluding hydrogens is 240 g/mol. The second-order valence-electron chi connectivity index (χ2n) is 6.77. The third kappa shape index (κ3) is 3.69. The van der Waals surface area contributed by atoms with Crippen LogP contribution in [-0.4, -0.2) is 61.5 Å². The Labute approximate surface area is 116 Å². The first-order valence-corrected chi connectivity index (χ1v) is 7.98. The molecule has 0 radical (unpaired) electrons. The molecule has 1 heterocycles. The molecule has 0 bridgehead atoms. The van der Waals surface area contributed by atoms with Crippen molar-refractivity contribution in [3.05, 3.63) is 0 Å². The Hall–Kier alpha value is -0.160. The van der Waals surface area contributed by atoms with Gasteiger partial charge in [-0.25, -0.2) is 0 Å². The van der Waals surface area contributed by atoms with Gasteiger partial charge in [0.25, 0.3) is 0 Å². The summed E-state index contributed by atoms with van der Waals surface area (Å²) in [5.74, 6) is 0. The van der Waals surface area contributed by atoms with Crippen LogP contribution < -0.4 is 5.32 Å². The minimum Gasteiger partial charge on any atom is -0.394 e. The summed E-state index contributed by atoms with van der Waals surface area (Å²) in [6, 6.07) is 0.812. The zero-order valence-corrected chi connectivity index (χ0v) is 11.9. The molecule has 3 aliphatic rings. The highest BCUT2D eigenvalue weighted by molar-refractivity contribution is 4.93. The largest absolute Gasteiger partial charge is 0.394 e. The zero-order chi connectivity index (χ0) is 13.1. The lowest BCUT2D eigenvalue weighted by Gasteiger charge is -2.39. The topological polar surface area (TPSA) is 44.7 Å². The third-order valence-electron chi connectivity index (χ3n) is 4.99. The van der Waals surface area contributed by atoms with E-state index in [1.165, 1.54) is 51.6 Å². The number of nitrogens with zero attached hydrogens (tertiary/aromatic N) is 1. The maximum Gasteiger partial charge on any atom is 0.0932 e. The van der Waals surface area contributed by atoms with Gasteiger partial charge >= 0.3 is 0 Å². The Morgan fingerprint density at radius 2 is 2.05 bits per heavy atom. The summed E-state index contributed by atoms with van der Waals surface area (Å²) in [5, 5.41) is 13.0. The molecule has 3 fully saturated rings. The quantitative estimate of drug-likeness (QED) is 0.754. The maximum atomic E-state index is 9.25. The van der Waals surface area contributed by atoms with Gasteiger partial charge in [-0.05, 0) is 31.1 Å². The number of aliphatic hydroxyl groups is 1. The molecule has 4 heteroatoms. The maximum absolute atomic E-state index is 9.25. The Kier molecular flexibility index (Phi) is 4.42. The molecule has 0 aromatic heterocycles. The Balaban J connectivity index is 1.53. The van der Waals surface area contributed by atoms with Gasteiger partial charge in [-0.3, -0.25) is 4.90 Å². The predicted octanol–water partition coefficient (Wildman–Crippen LogP) is 0.992. The van der Waals surface area contributed by atoms with Gasteiger partial charge in [0, 0.05) is 32.2 Å². The second-order valence-corrected chi connectivity index (χ2v) is 6.77. The lowest BCUT2D eigenvalue weighted by Crippen LogP contribution is -2.50. The van der Waals surface area contributed by atoms with E-state index in [1.54, 1.807) is 0 Å². The molecule has 0 amide bonds. The van der Waals surface area contributed by atoms with Crippen LogP contribution in [0.2, 0.25) is 0 Å². The Bertz CT molecular complexity index is 288. The van der Waals surface area contributed by atoms with Gasteiger partial charge in [0.15, 0.2) is 0 Å². The fourth-order valence-corrected chi connectivity index (χ4v) is 3.67. The van der Waals surface area contributed by atoms with Crippen LogP contribution in [0.1, 0.15) is 38.5 Å². The van der Waals surface area contributed by atoms with E-state index in [4.69, 9.17) is 4.74 Å². The van der Waals surface area contributed by atoms with Crippen molar-refractivity contribution in [2.75, 3.05) is 39.4 Å². The summed E-state index contributed by atoms with van der Waals surface area (Å²) in [6.07, 6.45) is 8.30. The van der Waals surface area contributed by atoms with Gasteiger partial charge in [0.2, 0.25) is 0 Å². The van der Waals surface area contributed by atoms with Gasteiger partial charge in [-0.15, -0.1) is 0 Å². The van der Waals surface area contributed by atoms with E-state index >= 15 is 0 Å². The number of nitrogens with one attached hydrogen (secondary N) is 1. The van der Waals surface area contributed by atoms with Crippen molar-refractivity contribution in [1.82, 2.24) is 10.2 Å². The van der Waals surface area contributed by atoms with Crippen molar-refractivity contribution >= 4 is 0 Å². The average molecular weight is 268 g/mol. The van der Waals surface area contributed by atoms with E-state index in [9.17, 15) is 5.11 Å². The van der Waals surface area contributed by atoms with Crippen LogP contribution in [0.5, 0.6) is 0 Å². The van der Waals surface area contributed by atoms with Crippen LogP contribution in [0.15, 0.2) is 0 Å².